The fraction of sp³-hybridized carbons (Fsp3) is 0.0769. The third-order valence-electron chi connectivity index (χ3n) is 5.21. The van der Waals surface area contributed by atoms with Gasteiger partial charge in [-0.25, -0.2) is 0 Å². The second-order valence-corrected chi connectivity index (χ2v) is 8.31. The summed E-state index contributed by atoms with van der Waals surface area (Å²) in [5, 5.41) is 5.54. The number of methoxy groups -OCH3 is 1. The minimum Gasteiger partial charge on any atom is -0.495 e. The van der Waals surface area contributed by atoms with Gasteiger partial charge in [0.15, 0.2) is 0 Å². The Kier molecular flexibility index (Phi) is 5.42. The highest BCUT2D eigenvalue weighted by atomic mass is 32.2. The predicted molar refractivity (Wildman–Crippen MR) is 131 cm³/mol. The molecule has 0 spiro atoms. The first kappa shape index (κ1) is 19.4. The fourth-order valence-electron chi connectivity index (χ4n) is 3.66. The zero-order chi connectivity index (χ0) is 21.0. The quantitative estimate of drug-likeness (QED) is 0.463. The minimum atomic E-state index is 0.821. The molecule has 0 radical (unpaired) electrons. The van der Waals surface area contributed by atoms with Crippen LogP contribution in [0.5, 0.6) is 5.75 Å². The lowest BCUT2D eigenvalue weighted by Gasteiger charge is -2.29. The molecule has 2 aliphatic heterocycles. The van der Waals surface area contributed by atoms with E-state index in [9.17, 15) is 0 Å². The summed E-state index contributed by atoms with van der Waals surface area (Å²) in [6.45, 7) is 0. The number of hydrogen-bond acceptors (Lipinski definition) is 5. The molecule has 0 saturated carbocycles. The molecular formula is C26H23N3OS. The number of hydrogen-bond donors (Lipinski definition) is 2. The van der Waals surface area contributed by atoms with E-state index in [-0.39, 0.29) is 0 Å². The maximum Gasteiger partial charge on any atom is 0.142 e. The normalized spacial score (nSPS) is 14.9. The van der Waals surface area contributed by atoms with E-state index < -0.39 is 0 Å². The third kappa shape index (κ3) is 4.18. The molecule has 0 amide bonds. The van der Waals surface area contributed by atoms with Crippen LogP contribution in [-0.2, 0) is 0 Å². The van der Waals surface area contributed by atoms with Crippen LogP contribution in [0.2, 0.25) is 0 Å². The monoisotopic (exact) mass is 425 g/mol. The Morgan fingerprint density at radius 1 is 0.871 bits per heavy atom. The van der Waals surface area contributed by atoms with Crippen molar-refractivity contribution in [1.29, 1.82) is 0 Å². The Bertz CT molecular complexity index is 1170. The Hall–Kier alpha value is -3.57. The standard InChI is InChI=1S/C26H23N3OS/c1-30-25-10-6-5-9-23(25)27-21-11-13-22(14-12-21)28-29-18-20(19-7-3-2-4-8-19)17-26-24(29)15-16-31-26/h2-15,17-18,27-28H,16H2,1H3. The summed E-state index contributed by atoms with van der Waals surface area (Å²) in [7, 11) is 1.68. The Morgan fingerprint density at radius 3 is 2.42 bits per heavy atom. The van der Waals surface area contributed by atoms with Gasteiger partial charge >= 0.3 is 0 Å². The van der Waals surface area contributed by atoms with Gasteiger partial charge in [-0.1, -0.05) is 42.5 Å². The van der Waals surface area contributed by atoms with Gasteiger partial charge in [-0.2, -0.15) is 0 Å². The first-order valence-electron chi connectivity index (χ1n) is 10.2. The van der Waals surface area contributed by atoms with Crippen molar-refractivity contribution in [2.45, 2.75) is 0 Å². The number of nitrogens with one attached hydrogen (secondary N) is 2. The highest BCUT2D eigenvalue weighted by molar-refractivity contribution is 8.03. The Balaban J connectivity index is 1.35. The number of benzene rings is 3. The molecule has 0 bridgehead atoms. The van der Waals surface area contributed by atoms with Crippen molar-refractivity contribution in [3.8, 4) is 5.75 Å². The van der Waals surface area contributed by atoms with Gasteiger partial charge < -0.3 is 10.1 Å². The summed E-state index contributed by atoms with van der Waals surface area (Å²) >= 11 is 1.87. The topological polar surface area (TPSA) is 36.5 Å². The van der Waals surface area contributed by atoms with Crippen LogP contribution >= 0.6 is 11.8 Å². The van der Waals surface area contributed by atoms with Crippen molar-refractivity contribution in [3.63, 3.8) is 0 Å². The zero-order valence-corrected chi connectivity index (χ0v) is 18.0. The molecule has 0 saturated heterocycles. The lowest BCUT2D eigenvalue weighted by Crippen LogP contribution is -2.25. The SMILES string of the molecule is COc1ccccc1Nc1ccc(NN2C=C(c3ccccc3)C=C3SCC=C32)cc1. The molecule has 0 unspecified atom stereocenters. The number of ether oxygens (including phenoxy) is 1. The van der Waals surface area contributed by atoms with Gasteiger partial charge in [0, 0.05) is 28.1 Å². The first-order valence-corrected chi connectivity index (χ1v) is 11.2. The molecule has 31 heavy (non-hydrogen) atoms. The van der Waals surface area contributed by atoms with E-state index in [4.69, 9.17) is 4.74 Å². The van der Waals surface area contributed by atoms with Crippen LogP contribution in [0.4, 0.5) is 17.1 Å². The highest BCUT2D eigenvalue weighted by Crippen LogP contribution is 2.40. The molecule has 154 valence electrons. The molecule has 3 aromatic rings. The van der Waals surface area contributed by atoms with E-state index in [1.54, 1.807) is 7.11 Å². The molecule has 4 nitrogen and oxygen atoms in total. The summed E-state index contributed by atoms with van der Waals surface area (Å²) in [6, 6.07) is 26.7. The molecular weight excluding hydrogens is 402 g/mol. The maximum atomic E-state index is 5.43. The number of nitrogens with zero attached hydrogens (tertiary/aromatic N) is 1. The summed E-state index contributed by atoms with van der Waals surface area (Å²) < 4.78 is 5.43. The maximum absolute atomic E-state index is 5.43. The fourth-order valence-corrected chi connectivity index (χ4v) is 4.62. The van der Waals surface area contributed by atoms with E-state index in [0.717, 1.165) is 28.6 Å². The van der Waals surface area contributed by atoms with Gasteiger partial charge in [0.1, 0.15) is 5.75 Å². The second kappa shape index (κ2) is 8.66. The zero-order valence-electron chi connectivity index (χ0n) is 17.2. The van der Waals surface area contributed by atoms with Crippen LogP contribution in [0.1, 0.15) is 5.56 Å². The Labute approximate surface area is 186 Å². The lowest BCUT2D eigenvalue weighted by molar-refractivity contribution is 0.417. The molecule has 5 rings (SSSR count). The van der Waals surface area contributed by atoms with Crippen LogP contribution < -0.4 is 15.5 Å². The number of allylic oxidation sites excluding steroid dienone is 2. The summed E-state index contributed by atoms with van der Waals surface area (Å²) in [5.41, 5.74) is 10.1. The predicted octanol–water partition coefficient (Wildman–Crippen LogP) is 6.64. The Morgan fingerprint density at radius 2 is 1.61 bits per heavy atom. The number of thioether (sulfide) groups is 1. The average Bonchev–Trinajstić information content (AvgIpc) is 3.30. The summed E-state index contributed by atoms with van der Waals surface area (Å²) in [6.07, 6.45) is 6.70. The summed E-state index contributed by atoms with van der Waals surface area (Å²) in [5.74, 6) is 1.82. The average molecular weight is 426 g/mol. The third-order valence-corrected chi connectivity index (χ3v) is 6.18. The van der Waals surface area contributed by atoms with Crippen molar-refractivity contribution >= 4 is 34.4 Å². The largest absolute Gasteiger partial charge is 0.495 e. The van der Waals surface area contributed by atoms with Gasteiger partial charge in [0.2, 0.25) is 0 Å². The van der Waals surface area contributed by atoms with Gasteiger partial charge in [-0.3, -0.25) is 10.4 Å². The molecule has 3 aromatic carbocycles. The molecule has 5 heteroatoms. The number of para-hydroxylation sites is 2. The van der Waals surface area contributed by atoms with Crippen LogP contribution in [0.3, 0.4) is 0 Å². The van der Waals surface area contributed by atoms with E-state index in [0.29, 0.717) is 0 Å². The van der Waals surface area contributed by atoms with E-state index in [1.807, 2.05) is 42.1 Å². The van der Waals surface area contributed by atoms with Crippen LogP contribution in [0, 0.1) is 0 Å². The molecule has 2 heterocycles. The molecule has 0 aromatic heterocycles. The van der Waals surface area contributed by atoms with Crippen molar-refractivity contribution in [3.05, 3.63) is 113 Å². The van der Waals surface area contributed by atoms with Crippen LogP contribution in [0.25, 0.3) is 5.57 Å². The number of hydrazine groups is 1. The molecule has 2 aliphatic rings. The van der Waals surface area contributed by atoms with Gasteiger partial charge in [0.25, 0.3) is 0 Å². The van der Waals surface area contributed by atoms with Crippen LogP contribution in [-0.4, -0.2) is 17.9 Å². The second-order valence-electron chi connectivity index (χ2n) is 7.24. The van der Waals surface area contributed by atoms with Crippen molar-refractivity contribution in [2.24, 2.45) is 0 Å². The van der Waals surface area contributed by atoms with E-state index >= 15 is 0 Å². The highest BCUT2D eigenvalue weighted by Gasteiger charge is 2.23. The number of rotatable bonds is 6. The molecule has 0 fully saturated rings. The van der Waals surface area contributed by atoms with E-state index in [1.165, 1.54) is 21.7 Å². The van der Waals surface area contributed by atoms with Gasteiger partial charge in [-0.15, -0.1) is 11.8 Å². The first-order chi connectivity index (χ1) is 15.3. The minimum absolute atomic E-state index is 0.821. The summed E-state index contributed by atoms with van der Waals surface area (Å²) in [4.78, 5) is 1.29. The van der Waals surface area contributed by atoms with Crippen molar-refractivity contribution in [2.75, 3.05) is 23.6 Å². The van der Waals surface area contributed by atoms with E-state index in [2.05, 4.69) is 82.6 Å². The molecule has 0 aliphatic carbocycles. The lowest BCUT2D eigenvalue weighted by atomic mass is 10.0. The molecule has 2 N–H and O–H groups in total. The number of fused-ring (bicyclic) bond motifs is 1. The van der Waals surface area contributed by atoms with Gasteiger partial charge in [0.05, 0.1) is 24.2 Å². The van der Waals surface area contributed by atoms with Gasteiger partial charge in [-0.05, 0) is 54.1 Å². The smallest absolute Gasteiger partial charge is 0.142 e. The van der Waals surface area contributed by atoms with Crippen molar-refractivity contribution in [1.82, 2.24) is 5.01 Å². The van der Waals surface area contributed by atoms with Crippen molar-refractivity contribution < 1.29 is 4.74 Å². The molecule has 0 atom stereocenters. The number of anilines is 3. The van der Waals surface area contributed by atoms with Crippen LogP contribution in [0.15, 0.2) is 108 Å².